The molecule has 1 atom stereocenters. The molecule has 0 aromatic carbocycles. The average Bonchev–Trinajstić information content (AvgIpc) is 2.53. The van der Waals surface area contributed by atoms with Crippen LogP contribution in [0.2, 0.25) is 0 Å². The minimum atomic E-state index is -1.09. The van der Waals surface area contributed by atoms with Crippen LogP contribution in [0, 0.1) is 0 Å². The van der Waals surface area contributed by atoms with E-state index in [9.17, 15) is 9.59 Å². The molecule has 0 spiro atoms. The van der Waals surface area contributed by atoms with Crippen molar-refractivity contribution in [2.75, 3.05) is 20.3 Å². The highest BCUT2D eigenvalue weighted by atomic mass is 16.5. The first-order valence-electron chi connectivity index (χ1n) is 4.16. The summed E-state index contributed by atoms with van der Waals surface area (Å²) < 4.78 is 5.09. The van der Waals surface area contributed by atoms with Gasteiger partial charge in [-0.3, -0.25) is 9.59 Å². The highest BCUT2D eigenvalue weighted by Gasteiger charge is 2.24. The molecule has 0 aliphatic carbocycles. The Morgan fingerprint density at radius 3 is 2.77 bits per heavy atom. The number of carboxylic acid groups (broad SMARTS) is 1. The van der Waals surface area contributed by atoms with E-state index in [0.717, 1.165) is 6.42 Å². The molecular formula is C8H13NO4. The number of carboxylic acids is 1. The number of carbonyl (C=O) groups excluding carboxylic acids is 1. The fourth-order valence-electron chi connectivity index (χ4n) is 1.29. The molecule has 0 bridgehead atoms. The maximum Gasteiger partial charge on any atom is 0.312 e. The molecule has 0 aromatic rings. The van der Waals surface area contributed by atoms with Crippen molar-refractivity contribution < 1.29 is 19.4 Å². The van der Waals surface area contributed by atoms with Gasteiger partial charge in [0.25, 0.3) is 0 Å². The van der Waals surface area contributed by atoms with Crippen molar-refractivity contribution in [1.29, 1.82) is 0 Å². The van der Waals surface area contributed by atoms with Crippen LogP contribution in [0.1, 0.15) is 12.8 Å². The van der Waals surface area contributed by atoms with Crippen LogP contribution < -0.4 is 0 Å². The molecule has 1 aliphatic heterocycles. The van der Waals surface area contributed by atoms with E-state index >= 15 is 0 Å². The van der Waals surface area contributed by atoms with Gasteiger partial charge in [-0.05, 0) is 6.42 Å². The van der Waals surface area contributed by atoms with Gasteiger partial charge in [0.15, 0.2) is 0 Å². The van der Waals surface area contributed by atoms with E-state index in [1.165, 1.54) is 4.90 Å². The Balaban J connectivity index is 2.41. The Morgan fingerprint density at radius 2 is 2.31 bits per heavy atom. The van der Waals surface area contributed by atoms with Crippen molar-refractivity contribution in [2.24, 2.45) is 0 Å². The van der Waals surface area contributed by atoms with Gasteiger partial charge in [-0.15, -0.1) is 0 Å². The Kier molecular flexibility index (Phi) is 3.25. The first-order chi connectivity index (χ1) is 6.11. The monoisotopic (exact) mass is 187 g/mol. The Bertz CT molecular complexity index is 210. The molecule has 1 N–H and O–H groups in total. The van der Waals surface area contributed by atoms with Gasteiger partial charge in [0.1, 0.15) is 6.42 Å². The predicted molar refractivity (Wildman–Crippen MR) is 44.2 cm³/mol. The van der Waals surface area contributed by atoms with Crippen molar-refractivity contribution in [3.05, 3.63) is 0 Å². The number of rotatable bonds is 3. The van der Waals surface area contributed by atoms with Crippen LogP contribution in [0.3, 0.4) is 0 Å². The first-order valence-corrected chi connectivity index (χ1v) is 4.16. The number of hydrogen-bond donors (Lipinski definition) is 1. The van der Waals surface area contributed by atoms with E-state index in [1.807, 2.05) is 0 Å². The van der Waals surface area contributed by atoms with Gasteiger partial charge in [0.2, 0.25) is 5.91 Å². The lowest BCUT2D eigenvalue weighted by Gasteiger charge is -2.22. The topological polar surface area (TPSA) is 66.8 Å². The van der Waals surface area contributed by atoms with Crippen molar-refractivity contribution in [3.8, 4) is 0 Å². The highest BCUT2D eigenvalue weighted by molar-refractivity contribution is 5.93. The lowest BCUT2D eigenvalue weighted by atomic mass is 10.2. The number of amides is 1. The Labute approximate surface area is 76.3 Å². The van der Waals surface area contributed by atoms with E-state index < -0.39 is 12.4 Å². The van der Waals surface area contributed by atoms with Gasteiger partial charge in [-0.2, -0.15) is 0 Å². The van der Waals surface area contributed by atoms with Crippen molar-refractivity contribution >= 4 is 11.9 Å². The molecule has 0 aromatic heterocycles. The lowest BCUT2D eigenvalue weighted by Crippen LogP contribution is -2.38. The zero-order valence-electron chi connectivity index (χ0n) is 7.52. The van der Waals surface area contributed by atoms with Crippen molar-refractivity contribution in [1.82, 2.24) is 4.90 Å². The number of nitrogens with zero attached hydrogens (tertiary/aromatic N) is 1. The van der Waals surface area contributed by atoms with E-state index in [4.69, 9.17) is 9.84 Å². The molecule has 1 aliphatic rings. The third-order valence-electron chi connectivity index (χ3n) is 2.15. The molecule has 1 saturated heterocycles. The molecule has 1 amide bonds. The van der Waals surface area contributed by atoms with Crippen LogP contribution in [-0.4, -0.2) is 48.2 Å². The Hall–Kier alpha value is -1.10. The SMILES string of the molecule is CN(C(=O)CC(=O)O)C1CCOC1. The summed E-state index contributed by atoms with van der Waals surface area (Å²) in [5.74, 6) is -1.45. The molecule has 1 fully saturated rings. The largest absolute Gasteiger partial charge is 0.481 e. The third kappa shape index (κ3) is 2.69. The molecule has 5 nitrogen and oxygen atoms in total. The average molecular weight is 187 g/mol. The molecule has 13 heavy (non-hydrogen) atoms. The number of aliphatic carboxylic acids is 1. The zero-order chi connectivity index (χ0) is 9.84. The van der Waals surface area contributed by atoms with Crippen LogP contribution in [0.25, 0.3) is 0 Å². The summed E-state index contributed by atoms with van der Waals surface area (Å²) in [7, 11) is 1.62. The van der Waals surface area contributed by atoms with E-state index in [1.54, 1.807) is 7.05 Å². The smallest absolute Gasteiger partial charge is 0.312 e. The maximum atomic E-state index is 11.2. The Morgan fingerprint density at radius 1 is 1.62 bits per heavy atom. The van der Waals surface area contributed by atoms with Crippen LogP contribution in [0.15, 0.2) is 0 Å². The molecule has 1 unspecified atom stereocenters. The molecular weight excluding hydrogens is 174 g/mol. The first kappa shape index (κ1) is 9.98. The summed E-state index contributed by atoms with van der Waals surface area (Å²) in [6, 6.07) is 0.0480. The zero-order valence-corrected chi connectivity index (χ0v) is 7.52. The van der Waals surface area contributed by atoms with Gasteiger partial charge in [0.05, 0.1) is 12.6 Å². The summed E-state index contributed by atoms with van der Waals surface area (Å²) in [5, 5.41) is 8.40. The third-order valence-corrected chi connectivity index (χ3v) is 2.15. The van der Waals surface area contributed by atoms with Gasteiger partial charge >= 0.3 is 5.97 Å². The van der Waals surface area contributed by atoms with Crippen LogP contribution in [0.4, 0.5) is 0 Å². The van der Waals surface area contributed by atoms with Gasteiger partial charge in [0, 0.05) is 13.7 Å². The summed E-state index contributed by atoms with van der Waals surface area (Å²) in [5.41, 5.74) is 0. The summed E-state index contributed by atoms with van der Waals surface area (Å²) in [6.07, 6.45) is 0.356. The molecule has 5 heteroatoms. The number of hydrogen-bond acceptors (Lipinski definition) is 3. The number of carbonyl (C=O) groups is 2. The second-order valence-electron chi connectivity index (χ2n) is 3.09. The highest BCUT2D eigenvalue weighted by Crippen LogP contribution is 2.11. The maximum absolute atomic E-state index is 11.2. The standard InChI is InChI=1S/C8H13NO4/c1-9(6-2-3-13-5-6)7(10)4-8(11)12/h6H,2-5H2,1H3,(H,11,12). The second kappa shape index (κ2) is 4.23. The van der Waals surface area contributed by atoms with Gasteiger partial charge < -0.3 is 14.7 Å². The lowest BCUT2D eigenvalue weighted by molar-refractivity contribution is -0.144. The molecule has 0 radical (unpaired) electrons. The van der Waals surface area contributed by atoms with Crippen molar-refractivity contribution in [2.45, 2.75) is 18.9 Å². The van der Waals surface area contributed by atoms with Crippen LogP contribution >= 0.6 is 0 Å². The van der Waals surface area contributed by atoms with Crippen LogP contribution in [-0.2, 0) is 14.3 Å². The number of ether oxygens (including phenoxy) is 1. The quantitative estimate of drug-likeness (QED) is 0.616. The van der Waals surface area contributed by atoms with Gasteiger partial charge in [-0.25, -0.2) is 0 Å². The minimum Gasteiger partial charge on any atom is -0.481 e. The second-order valence-corrected chi connectivity index (χ2v) is 3.09. The van der Waals surface area contributed by atoms with E-state index in [-0.39, 0.29) is 11.9 Å². The van der Waals surface area contributed by atoms with E-state index in [0.29, 0.717) is 13.2 Å². The predicted octanol–water partition coefficient (Wildman–Crippen LogP) is -0.292. The number of likely N-dealkylation sites (N-methyl/N-ethyl adjacent to an activating group) is 1. The summed E-state index contributed by atoms with van der Waals surface area (Å²) in [4.78, 5) is 22.9. The normalized spacial score (nSPS) is 21.5. The summed E-state index contributed by atoms with van der Waals surface area (Å²) >= 11 is 0. The van der Waals surface area contributed by atoms with Gasteiger partial charge in [-0.1, -0.05) is 0 Å². The minimum absolute atomic E-state index is 0.0480. The molecule has 74 valence electrons. The van der Waals surface area contributed by atoms with E-state index in [2.05, 4.69) is 0 Å². The molecule has 1 rings (SSSR count). The fraction of sp³-hybridized carbons (Fsp3) is 0.750. The fourth-order valence-corrected chi connectivity index (χ4v) is 1.29. The summed E-state index contributed by atoms with van der Waals surface area (Å²) in [6.45, 7) is 1.16. The van der Waals surface area contributed by atoms with Crippen LogP contribution in [0.5, 0.6) is 0 Å². The molecule has 0 saturated carbocycles. The van der Waals surface area contributed by atoms with Crippen molar-refractivity contribution in [3.63, 3.8) is 0 Å². The molecule has 1 heterocycles.